The Morgan fingerprint density at radius 3 is 2.53 bits per heavy atom. The zero-order chi connectivity index (χ0) is 13.5. The van der Waals surface area contributed by atoms with Gasteiger partial charge in [0.05, 0.1) is 0 Å². The second-order valence-electron chi connectivity index (χ2n) is 3.60. The summed E-state index contributed by atoms with van der Waals surface area (Å²) < 4.78 is 10.9. The van der Waals surface area contributed by atoms with Crippen molar-refractivity contribution in [2.24, 2.45) is 5.84 Å². The fourth-order valence-corrected chi connectivity index (χ4v) is 1.41. The lowest BCUT2D eigenvalue weighted by atomic mass is 10.3. The first-order valence-electron chi connectivity index (χ1n) is 5.70. The number of aromatic nitrogens is 2. The molecule has 0 fully saturated rings. The highest BCUT2D eigenvalue weighted by atomic mass is 16.5. The lowest BCUT2D eigenvalue weighted by Gasteiger charge is -2.08. The molecular formula is C12H15N5O2. The molecule has 19 heavy (non-hydrogen) atoms. The molecule has 100 valence electrons. The Morgan fingerprint density at radius 2 is 1.79 bits per heavy atom. The van der Waals surface area contributed by atoms with E-state index in [0.29, 0.717) is 24.9 Å². The number of anilines is 2. The Hall–Kier alpha value is -2.54. The van der Waals surface area contributed by atoms with Gasteiger partial charge >= 0.3 is 0 Å². The van der Waals surface area contributed by atoms with Gasteiger partial charge in [-0.1, -0.05) is 18.2 Å². The summed E-state index contributed by atoms with van der Waals surface area (Å²) in [5.74, 6) is 6.86. The second kappa shape index (κ2) is 6.41. The SMILES string of the molecule is NNc1cc(OCCOc2ccccc2)nc(N)n1. The molecule has 2 aromatic rings. The molecule has 7 nitrogen and oxygen atoms in total. The van der Waals surface area contributed by atoms with Crippen molar-refractivity contribution in [2.75, 3.05) is 24.4 Å². The molecule has 0 atom stereocenters. The number of rotatable bonds is 6. The zero-order valence-electron chi connectivity index (χ0n) is 10.2. The number of hydrazine groups is 1. The second-order valence-corrected chi connectivity index (χ2v) is 3.60. The highest BCUT2D eigenvalue weighted by Crippen LogP contribution is 2.13. The van der Waals surface area contributed by atoms with Crippen molar-refractivity contribution < 1.29 is 9.47 Å². The Labute approximate surface area is 110 Å². The van der Waals surface area contributed by atoms with Crippen molar-refractivity contribution in [2.45, 2.75) is 0 Å². The van der Waals surface area contributed by atoms with Crippen LogP contribution in [0.3, 0.4) is 0 Å². The van der Waals surface area contributed by atoms with Gasteiger partial charge < -0.3 is 20.6 Å². The van der Waals surface area contributed by atoms with E-state index < -0.39 is 0 Å². The summed E-state index contributed by atoms with van der Waals surface area (Å²) in [7, 11) is 0. The third-order valence-electron chi connectivity index (χ3n) is 2.21. The Bertz CT molecular complexity index is 521. The normalized spacial score (nSPS) is 9.95. The maximum atomic E-state index is 5.50. The molecule has 0 bridgehead atoms. The summed E-state index contributed by atoms with van der Waals surface area (Å²) in [6, 6.07) is 11.0. The van der Waals surface area contributed by atoms with Gasteiger partial charge in [0.2, 0.25) is 11.8 Å². The minimum Gasteiger partial charge on any atom is -0.490 e. The molecule has 0 saturated heterocycles. The Kier molecular flexibility index (Phi) is 4.35. The highest BCUT2D eigenvalue weighted by molar-refractivity contribution is 5.41. The van der Waals surface area contributed by atoms with Gasteiger partial charge in [0.15, 0.2) is 0 Å². The minimum atomic E-state index is 0.0921. The van der Waals surface area contributed by atoms with Gasteiger partial charge in [0.1, 0.15) is 24.8 Å². The monoisotopic (exact) mass is 261 g/mol. The Balaban J connectivity index is 1.81. The van der Waals surface area contributed by atoms with Crippen LogP contribution in [0.2, 0.25) is 0 Å². The van der Waals surface area contributed by atoms with Gasteiger partial charge in [-0.15, -0.1) is 0 Å². The maximum absolute atomic E-state index is 5.50. The van der Waals surface area contributed by atoms with E-state index in [2.05, 4.69) is 15.4 Å². The molecule has 1 aromatic heterocycles. The molecule has 0 unspecified atom stereocenters. The smallest absolute Gasteiger partial charge is 0.225 e. The van der Waals surface area contributed by atoms with Crippen LogP contribution in [-0.4, -0.2) is 23.2 Å². The van der Waals surface area contributed by atoms with E-state index in [1.165, 1.54) is 0 Å². The highest BCUT2D eigenvalue weighted by Gasteiger charge is 2.02. The summed E-state index contributed by atoms with van der Waals surface area (Å²) in [6.45, 7) is 0.745. The van der Waals surface area contributed by atoms with E-state index in [-0.39, 0.29) is 5.95 Å². The number of nitrogens with two attached hydrogens (primary N) is 2. The minimum absolute atomic E-state index is 0.0921. The molecule has 0 aliphatic carbocycles. The first-order valence-corrected chi connectivity index (χ1v) is 5.70. The first-order chi connectivity index (χ1) is 9.28. The van der Waals surface area contributed by atoms with E-state index in [4.69, 9.17) is 21.1 Å². The fourth-order valence-electron chi connectivity index (χ4n) is 1.41. The van der Waals surface area contributed by atoms with Crippen LogP contribution >= 0.6 is 0 Å². The molecule has 7 heteroatoms. The number of hydrogen-bond donors (Lipinski definition) is 3. The average molecular weight is 261 g/mol. The first kappa shape index (κ1) is 12.9. The van der Waals surface area contributed by atoms with Gasteiger partial charge in [-0.3, -0.25) is 0 Å². The molecule has 1 heterocycles. The molecule has 0 aliphatic rings. The predicted octanol–water partition coefficient (Wildman–Crippen LogP) is 0.802. The van der Waals surface area contributed by atoms with Crippen LogP contribution in [-0.2, 0) is 0 Å². The number of nitrogens with one attached hydrogen (secondary N) is 1. The van der Waals surface area contributed by atoms with Crippen molar-refractivity contribution >= 4 is 11.8 Å². The maximum Gasteiger partial charge on any atom is 0.225 e. The van der Waals surface area contributed by atoms with Gasteiger partial charge in [-0.05, 0) is 12.1 Å². The van der Waals surface area contributed by atoms with Gasteiger partial charge in [0, 0.05) is 6.07 Å². The van der Waals surface area contributed by atoms with Crippen LogP contribution in [0.1, 0.15) is 0 Å². The van der Waals surface area contributed by atoms with E-state index in [0.717, 1.165) is 5.75 Å². The molecule has 5 N–H and O–H groups in total. The van der Waals surface area contributed by atoms with Gasteiger partial charge in [0.25, 0.3) is 0 Å². The molecule has 0 saturated carbocycles. The number of ether oxygens (including phenoxy) is 2. The largest absolute Gasteiger partial charge is 0.490 e. The molecule has 0 amide bonds. The average Bonchev–Trinajstić information content (AvgIpc) is 2.44. The Morgan fingerprint density at radius 1 is 1.05 bits per heavy atom. The summed E-state index contributed by atoms with van der Waals surface area (Å²) in [5.41, 5.74) is 7.88. The van der Waals surface area contributed by atoms with Crippen LogP contribution in [0.25, 0.3) is 0 Å². The van der Waals surface area contributed by atoms with Crippen molar-refractivity contribution in [3.05, 3.63) is 36.4 Å². The molecule has 0 radical (unpaired) electrons. The van der Waals surface area contributed by atoms with Crippen molar-refractivity contribution in [1.82, 2.24) is 9.97 Å². The third kappa shape index (κ3) is 4.00. The molecule has 0 spiro atoms. The van der Waals surface area contributed by atoms with E-state index >= 15 is 0 Å². The lowest BCUT2D eigenvalue weighted by molar-refractivity contribution is 0.212. The summed E-state index contributed by atoms with van der Waals surface area (Å²) >= 11 is 0. The van der Waals surface area contributed by atoms with E-state index in [9.17, 15) is 0 Å². The van der Waals surface area contributed by atoms with Crippen molar-refractivity contribution in [3.63, 3.8) is 0 Å². The molecular weight excluding hydrogens is 246 g/mol. The topological polar surface area (TPSA) is 108 Å². The number of nitrogens with zero attached hydrogens (tertiary/aromatic N) is 2. The van der Waals surface area contributed by atoms with Gasteiger partial charge in [-0.2, -0.15) is 9.97 Å². The van der Waals surface area contributed by atoms with Crippen molar-refractivity contribution in [3.8, 4) is 11.6 Å². The predicted molar refractivity (Wildman–Crippen MR) is 71.7 cm³/mol. The van der Waals surface area contributed by atoms with Crippen LogP contribution in [0.5, 0.6) is 11.6 Å². The summed E-state index contributed by atoms with van der Waals surface area (Å²) in [4.78, 5) is 7.77. The van der Waals surface area contributed by atoms with E-state index in [1.54, 1.807) is 6.07 Å². The standard InChI is InChI=1S/C12H15N5O2/c13-12-15-10(17-14)8-11(16-12)19-7-6-18-9-4-2-1-3-5-9/h1-5,8H,6-7,14H2,(H3,13,15,16,17). The summed E-state index contributed by atoms with van der Waals surface area (Å²) in [6.07, 6.45) is 0. The number of hydrogen-bond acceptors (Lipinski definition) is 7. The number of nitrogen functional groups attached to an aromatic ring is 2. The van der Waals surface area contributed by atoms with Crippen LogP contribution in [0, 0.1) is 0 Å². The zero-order valence-corrected chi connectivity index (χ0v) is 10.2. The molecule has 1 aromatic carbocycles. The number of para-hydroxylation sites is 1. The van der Waals surface area contributed by atoms with E-state index in [1.807, 2.05) is 30.3 Å². The van der Waals surface area contributed by atoms with Crippen LogP contribution in [0.15, 0.2) is 36.4 Å². The fraction of sp³-hybridized carbons (Fsp3) is 0.167. The number of benzene rings is 1. The van der Waals surface area contributed by atoms with Crippen LogP contribution in [0.4, 0.5) is 11.8 Å². The summed E-state index contributed by atoms with van der Waals surface area (Å²) in [5, 5.41) is 0. The molecule has 0 aliphatic heterocycles. The van der Waals surface area contributed by atoms with Crippen LogP contribution < -0.4 is 26.5 Å². The van der Waals surface area contributed by atoms with Crippen molar-refractivity contribution in [1.29, 1.82) is 0 Å². The quantitative estimate of drug-likeness (QED) is 0.401. The third-order valence-corrected chi connectivity index (χ3v) is 2.21. The molecule has 2 rings (SSSR count). The lowest BCUT2D eigenvalue weighted by Crippen LogP contribution is -2.13. The van der Waals surface area contributed by atoms with Gasteiger partial charge in [-0.25, -0.2) is 5.84 Å².